The van der Waals surface area contributed by atoms with E-state index >= 15 is 0 Å². The van der Waals surface area contributed by atoms with E-state index in [2.05, 4.69) is 49.3 Å². The Bertz CT molecular complexity index is 982. The lowest BCUT2D eigenvalue weighted by molar-refractivity contribution is 0.303. The molecule has 0 atom stereocenters. The minimum absolute atomic E-state index is 0.520. The largest absolute Gasteiger partial charge is 0.489 e. The zero-order chi connectivity index (χ0) is 19.8. The van der Waals surface area contributed by atoms with Crippen LogP contribution < -0.4 is 15.6 Å². The number of hydrogen-bond donors (Lipinski definition) is 1. The van der Waals surface area contributed by atoms with E-state index in [1.807, 2.05) is 31.0 Å². The van der Waals surface area contributed by atoms with E-state index in [0.29, 0.717) is 12.5 Å². The number of aryl methyl sites for hydroxylation is 3. The average Bonchev–Trinajstić information content (AvgIpc) is 3.44. The number of rotatable bonds is 6. The van der Waals surface area contributed by atoms with Crippen molar-refractivity contribution >= 4 is 5.69 Å². The van der Waals surface area contributed by atoms with Gasteiger partial charge in [0.1, 0.15) is 12.4 Å². The van der Waals surface area contributed by atoms with Gasteiger partial charge in [-0.15, -0.1) is 0 Å². The molecule has 1 fully saturated rings. The van der Waals surface area contributed by atoms with Crippen LogP contribution in [0.15, 0.2) is 42.6 Å². The molecule has 1 aliphatic carbocycles. The number of nitrogens with two attached hydrogens (primary N) is 1. The highest BCUT2D eigenvalue weighted by Crippen LogP contribution is 2.43. The molecule has 2 aromatic carbocycles. The molecule has 5 heteroatoms. The third-order valence-electron chi connectivity index (χ3n) is 5.42. The number of hydrazine groups is 1. The van der Waals surface area contributed by atoms with E-state index in [1.54, 1.807) is 5.01 Å². The Balaban J connectivity index is 1.58. The van der Waals surface area contributed by atoms with Gasteiger partial charge in [-0.2, -0.15) is 5.10 Å². The van der Waals surface area contributed by atoms with E-state index in [1.165, 1.54) is 29.5 Å². The average molecular weight is 377 g/mol. The molecule has 0 saturated heterocycles. The molecule has 1 heterocycles. The summed E-state index contributed by atoms with van der Waals surface area (Å²) in [5.74, 6) is 7.62. The maximum absolute atomic E-state index is 6.25. The van der Waals surface area contributed by atoms with Crippen LogP contribution in [0.5, 0.6) is 5.75 Å². The first kappa shape index (κ1) is 18.6. The van der Waals surface area contributed by atoms with Crippen molar-refractivity contribution in [3.63, 3.8) is 0 Å². The highest BCUT2D eigenvalue weighted by atomic mass is 16.5. The van der Waals surface area contributed by atoms with Crippen LogP contribution in [0.2, 0.25) is 0 Å². The topological polar surface area (TPSA) is 56.3 Å². The van der Waals surface area contributed by atoms with Crippen molar-refractivity contribution in [2.45, 2.75) is 39.2 Å². The number of anilines is 1. The second kappa shape index (κ2) is 7.32. The van der Waals surface area contributed by atoms with Gasteiger partial charge in [-0.25, -0.2) is 5.84 Å². The van der Waals surface area contributed by atoms with E-state index in [9.17, 15) is 0 Å². The van der Waals surface area contributed by atoms with Crippen molar-refractivity contribution in [2.24, 2.45) is 12.9 Å². The predicted molar refractivity (Wildman–Crippen MR) is 113 cm³/mol. The molecule has 0 unspecified atom stereocenters. The summed E-state index contributed by atoms with van der Waals surface area (Å²) in [6.07, 6.45) is 4.54. The lowest BCUT2D eigenvalue weighted by Gasteiger charge is -2.21. The standard InChI is InChI=1S/C23H28N4O/c1-15-12-18(23-16(2)13-26(3)25-23)10-11-22(15)28-14-20-19(17-8-9-17)6-5-7-21(20)27(4)24/h5-7,10-13,17H,8-9,14,24H2,1-4H3. The van der Waals surface area contributed by atoms with E-state index in [0.717, 1.165) is 28.3 Å². The van der Waals surface area contributed by atoms with Crippen molar-refractivity contribution in [3.05, 3.63) is 64.8 Å². The van der Waals surface area contributed by atoms with Crippen LogP contribution in [0, 0.1) is 13.8 Å². The summed E-state index contributed by atoms with van der Waals surface area (Å²) in [4.78, 5) is 0. The third kappa shape index (κ3) is 3.62. The number of aromatic nitrogens is 2. The SMILES string of the molecule is Cc1cc(-c2nn(C)cc2C)ccc1OCc1c(C2CC2)cccc1N(C)N. The number of benzene rings is 2. The van der Waals surface area contributed by atoms with Crippen molar-refractivity contribution < 1.29 is 4.74 Å². The third-order valence-corrected chi connectivity index (χ3v) is 5.42. The minimum Gasteiger partial charge on any atom is -0.489 e. The van der Waals surface area contributed by atoms with Gasteiger partial charge < -0.3 is 9.75 Å². The van der Waals surface area contributed by atoms with Gasteiger partial charge in [-0.3, -0.25) is 4.68 Å². The lowest BCUT2D eigenvalue weighted by atomic mass is 10.0. The van der Waals surface area contributed by atoms with Gasteiger partial charge in [-0.05, 0) is 73.6 Å². The summed E-state index contributed by atoms with van der Waals surface area (Å²) < 4.78 is 8.10. The zero-order valence-corrected chi connectivity index (χ0v) is 17.1. The minimum atomic E-state index is 0.520. The Morgan fingerprint density at radius 3 is 2.57 bits per heavy atom. The monoisotopic (exact) mass is 376 g/mol. The Morgan fingerprint density at radius 2 is 1.96 bits per heavy atom. The van der Waals surface area contributed by atoms with Crippen molar-refractivity contribution in [3.8, 4) is 17.0 Å². The number of hydrogen-bond acceptors (Lipinski definition) is 4. The van der Waals surface area contributed by atoms with Gasteiger partial charge >= 0.3 is 0 Å². The van der Waals surface area contributed by atoms with E-state index < -0.39 is 0 Å². The van der Waals surface area contributed by atoms with Gasteiger partial charge in [0, 0.05) is 31.4 Å². The Kier molecular flexibility index (Phi) is 4.85. The van der Waals surface area contributed by atoms with Crippen molar-refractivity contribution in [2.75, 3.05) is 12.1 Å². The van der Waals surface area contributed by atoms with Crippen molar-refractivity contribution in [1.29, 1.82) is 0 Å². The first-order valence-corrected chi connectivity index (χ1v) is 9.78. The molecule has 1 aromatic heterocycles. The lowest BCUT2D eigenvalue weighted by Crippen LogP contribution is -2.27. The second-order valence-corrected chi connectivity index (χ2v) is 7.83. The second-order valence-electron chi connectivity index (χ2n) is 7.83. The van der Waals surface area contributed by atoms with Crippen LogP contribution in [0.3, 0.4) is 0 Å². The Hall–Kier alpha value is -2.79. The first-order valence-electron chi connectivity index (χ1n) is 9.78. The fourth-order valence-corrected chi connectivity index (χ4v) is 3.86. The van der Waals surface area contributed by atoms with Gasteiger partial charge in [-0.1, -0.05) is 12.1 Å². The Morgan fingerprint density at radius 1 is 1.18 bits per heavy atom. The molecular formula is C23H28N4O. The molecule has 1 aliphatic rings. The van der Waals surface area contributed by atoms with Gasteiger partial charge in [0.05, 0.1) is 11.4 Å². The number of nitrogens with zero attached hydrogens (tertiary/aromatic N) is 3. The van der Waals surface area contributed by atoms with Crippen molar-refractivity contribution in [1.82, 2.24) is 9.78 Å². The molecule has 0 amide bonds. The summed E-state index contributed by atoms with van der Waals surface area (Å²) >= 11 is 0. The molecule has 3 aromatic rings. The van der Waals surface area contributed by atoms with Crippen LogP contribution in [0.25, 0.3) is 11.3 Å². The van der Waals surface area contributed by atoms with Crippen LogP contribution in [-0.4, -0.2) is 16.8 Å². The molecule has 0 bridgehead atoms. The summed E-state index contributed by atoms with van der Waals surface area (Å²) in [6.45, 7) is 4.69. The van der Waals surface area contributed by atoms with Crippen LogP contribution in [0.1, 0.15) is 41.0 Å². The quantitative estimate of drug-likeness (QED) is 0.509. The predicted octanol–water partition coefficient (Wildman–Crippen LogP) is 4.47. The van der Waals surface area contributed by atoms with E-state index in [-0.39, 0.29) is 0 Å². The summed E-state index contributed by atoms with van der Waals surface area (Å²) in [5, 5.41) is 6.26. The maximum Gasteiger partial charge on any atom is 0.122 e. The molecule has 5 nitrogen and oxygen atoms in total. The fourth-order valence-electron chi connectivity index (χ4n) is 3.86. The molecule has 0 spiro atoms. The first-order chi connectivity index (χ1) is 13.4. The normalized spacial score (nSPS) is 13.6. The fraction of sp³-hybridized carbons (Fsp3) is 0.348. The molecule has 0 aliphatic heterocycles. The molecule has 1 saturated carbocycles. The van der Waals surface area contributed by atoms with Gasteiger partial charge in [0.2, 0.25) is 0 Å². The summed E-state index contributed by atoms with van der Waals surface area (Å²) in [7, 11) is 3.83. The Labute approximate surface area is 166 Å². The molecular weight excluding hydrogens is 348 g/mol. The molecule has 0 radical (unpaired) electrons. The van der Waals surface area contributed by atoms with Crippen LogP contribution in [-0.2, 0) is 13.7 Å². The molecule has 2 N–H and O–H groups in total. The zero-order valence-electron chi connectivity index (χ0n) is 17.1. The maximum atomic E-state index is 6.25. The van der Waals surface area contributed by atoms with Crippen LogP contribution in [0.4, 0.5) is 5.69 Å². The smallest absolute Gasteiger partial charge is 0.122 e. The van der Waals surface area contributed by atoms with Gasteiger partial charge in [0.15, 0.2) is 0 Å². The summed E-state index contributed by atoms with van der Waals surface area (Å²) in [6, 6.07) is 12.6. The van der Waals surface area contributed by atoms with E-state index in [4.69, 9.17) is 10.6 Å². The summed E-state index contributed by atoms with van der Waals surface area (Å²) in [5.41, 5.74) is 8.00. The highest BCUT2D eigenvalue weighted by Gasteiger charge is 2.27. The van der Waals surface area contributed by atoms with Crippen LogP contribution >= 0.6 is 0 Å². The molecule has 4 rings (SSSR count). The highest BCUT2D eigenvalue weighted by molar-refractivity contribution is 5.65. The molecule has 28 heavy (non-hydrogen) atoms. The van der Waals surface area contributed by atoms with Gasteiger partial charge in [0.25, 0.3) is 0 Å². The molecule has 146 valence electrons. The number of ether oxygens (including phenoxy) is 1.